The van der Waals surface area contributed by atoms with Crippen LogP contribution in [0.1, 0.15) is 24.2 Å². The second kappa shape index (κ2) is 6.45. The summed E-state index contributed by atoms with van der Waals surface area (Å²) in [5, 5.41) is 4.50. The Morgan fingerprint density at radius 2 is 2.09 bits per heavy atom. The van der Waals surface area contributed by atoms with Crippen molar-refractivity contribution in [3.05, 3.63) is 35.3 Å². The maximum absolute atomic E-state index is 12.4. The van der Waals surface area contributed by atoms with Gasteiger partial charge in [0.1, 0.15) is 15.5 Å². The summed E-state index contributed by atoms with van der Waals surface area (Å²) in [4.78, 5) is 16.5. The second-order valence-corrected chi connectivity index (χ2v) is 7.76. The number of nitrogens with one attached hydrogen (secondary N) is 1. The number of aromatic nitrogens is 1. The Balaban J connectivity index is 2.30. The number of carbonyl (C=O) groups is 1. The summed E-state index contributed by atoms with van der Waals surface area (Å²) in [6, 6.07) is 4.66. The van der Waals surface area contributed by atoms with Crippen LogP contribution >= 0.6 is 11.3 Å². The Bertz CT molecular complexity index is 782. The van der Waals surface area contributed by atoms with Crippen molar-refractivity contribution < 1.29 is 17.9 Å². The van der Waals surface area contributed by atoms with Gasteiger partial charge < -0.3 is 10.1 Å². The minimum atomic E-state index is -3.40. The fourth-order valence-electron chi connectivity index (χ4n) is 1.73. The maximum Gasteiger partial charge on any atom is 0.261 e. The number of sulfone groups is 1. The third-order valence-corrected chi connectivity index (χ3v) is 4.72. The molecule has 0 aliphatic rings. The lowest BCUT2D eigenvalue weighted by Crippen LogP contribution is -2.17. The number of anilines is 1. The minimum absolute atomic E-state index is 0.0982. The van der Waals surface area contributed by atoms with Gasteiger partial charge >= 0.3 is 0 Å². The van der Waals surface area contributed by atoms with Gasteiger partial charge in [0, 0.05) is 12.5 Å². The molecule has 2 aromatic heterocycles. The van der Waals surface area contributed by atoms with E-state index in [0.717, 1.165) is 17.6 Å². The number of hydrogen-bond acceptors (Lipinski definition) is 6. The molecule has 2 aromatic rings. The summed E-state index contributed by atoms with van der Waals surface area (Å²) in [6.07, 6.45) is 2.50. The molecule has 0 aliphatic carbocycles. The van der Waals surface area contributed by atoms with E-state index in [1.54, 1.807) is 17.5 Å². The molecule has 0 aromatic carbocycles. The molecule has 2 heterocycles. The summed E-state index contributed by atoms with van der Waals surface area (Å²) < 4.78 is 28.8. The van der Waals surface area contributed by atoms with Crippen LogP contribution in [0, 0.1) is 0 Å². The number of thiophene rings is 1. The lowest BCUT2D eigenvalue weighted by Gasteiger charge is -2.12. The molecule has 0 aliphatic heterocycles. The van der Waals surface area contributed by atoms with Crippen molar-refractivity contribution in [1.82, 2.24) is 4.98 Å². The average Bonchev–Trinajstić information content (AvgIpc) is 2.86. The smallest absolute Gasteiger partial charge is 0.261 e. The highest BCUT2D eigenvalue weighted by molar-refractivity contribution is 7.91. The molecule has 0 bridgehead atoms. The molecule has 0 atom stereocenters. The highest BCUT2D eigenvalue weighted by atomic mass is 32.2. The summed E-state index contributed by atoms with van der Waals surface area (Å²) in [6.45, 7) is 3.66. The number of rotatable bonds is 5. The fraction of sp³-hybridized carbons (Fsp3) is 0.286. The van der Waals surface area contributed by atoms with Gasteiger partial charge in [0.05, 0.1) is 6.10 Å². The van der Waals surface area contributed by atoms with Crippen LogP contribution in [0.25, 0.3) is 0 Å². The van der Waals surface area contributed by atoms with Gasteiger partial charge in [-0.3, -0.25) is 4.79 Å². The Labute approximate surface area is 133 Å². The van der Waals surface area contributed by atoms with E-state index in [0.29, 0.717) is 0 Å². The molecule has 0 spiro atoms. The molecule has 118 valence electrons. The van der Waals surface area contributed by atoms with Crippen LogP contribution in [-0.4, -0.2) is 31.7 Å². The first kappa shape index (κ1) is 16.4. The van der Waals surface area contributed by atoms with Gasteiger partial charge in [-0.25, -0.2) is 13.4 Å². The van der Waals surface area contributed by atoms with Crippen LogP contribution in [0.15, 0.2) is 34.7 Å². The molecule has 6 nitrogen and oxygen atoms in total. The van der Waals surface area contributed by atoms with Gasteiger partial charge in [-0.2, -0.15) is 0 Å². The maximum atomic E-state index is 12.4. The van der Waals surface area contributed by atoms with E-state index < -0.39 is 15.7 Å². The van der Waals surface area contributed by atoms with Crippen molar-refractivity contribution in [1.29, 1.82) is 0 Å². The van der Waals surface area contributed by atoms with E-state index in [1.165, 1.54) is 12.3 Å². The molecule has 0 fully saturated rings. The Morgan fingerprint density at radius 1 is 1.36 bits per heavy atom. The molecule has 0 saturated carbocycles. The zero-order valence-electron chi connectivity index (χ0n) is 12.4. The largest absolute Gasteiger partial charge is 0.474 e. The normalized spacial score (nSPS) is 11.5. The van der Waals surface area contributed by atoms with Gasteiger partial charge in [-0.05, 0) is 37.4 Å². The van der Waals surface area contributed by atoms with Crippen LogP contribution in [0.5, 0.6) is 5.88 Å². The molecule has 1 N–H and O–H groups in total. The zero-order chi connectivity index (χ0) is 16.3. The molecule has 0 saturated heterocycles. The van der Waals surface area contributed by atoms with Gasteiger partial charge in [-0.1, -0.05) is 0 Å². The number of carbonyl (C=O) groups excluding carboxylic acids is 1. The first-order valence-corrected chi connectivity index (χ1v) is 9.26. The topological polar surface area (TPSA) is 85.4 Å². The van der Waals surface area contributed by atoms with E-state index in [1.807, 2.05) is 13.8 Å². The van der Waals surface area contributed by atoms with Crippen molar-refractivity contribution in [2.75, 3.05) is 11.6 Å². The highest BCUT2D eigenvalue weighted by Gasteiger charge is 2.20. The van der Waals surface area contributed by atoms with Crippen LogP contribution in [0.3, 0.4) is 0 Å². The van der Waals surface area contributed by atoms with E-state index in [4.69, 9.17) is 4.74 Å². The Kier molecular flexibility index (Phi) is 4.82. The lowest BCUT2D eigenvalue weighted by atomic mass is 10.2. The minimum Gasteiger partial charge on any atom is -0.474 e. The molecule has 1 amide bonds. The van der Waals surface area contributed by atoms with Crippen molar-refractivity contribution in [2.24, 2.45) is 0 Å². The van der Waals surface area contributed by atoms with Crippen molar-refractivity contribution in [3.63, 3.8) is 0 Å². The zero-order valence-corrected chi connectivity index (χ0v) is 14.0. The van der Waals surface area contributed by atoms with E-state index >= 15 is 0 Å². The van der Waals surface area contributed by atoms with Gasteiger partial charge in [-0.15, -0.1) is 11.3 Å². The Morgan fingerprint density at radius 3 is 2.73 bits per heavy atom. The molecular formula is C14H16N2O4S2. The van der Waals surface area contributed by atoms with E-state index in [2.05, 4.69) is 10.3 Å². The van der Waals surface area contributed by atoms with E-state index in [-0.39, 0.29) is 27.4 Å². The first-order chi connectivity index (χ1) is 10.3. The number of amides is 1. The summed E-state index contributed by atoms with van der Waals surface area (Å²) in [7, 11) is -3.40. The summed E-state index contributed by atoms with van der Waals surface area (Å²) in [5.41, 5.74) is 0.254. The van der Waals surface area contributed by atoms with Gasteiger partial charge in [0.2, 0.25) is 5.88 Å². The predicted molar refractivity (Wildman–Crippen MR) is 85.4 cm³/mol. The molecule has 2 rings (SSSR count). The van der Waals surface area contributed by atoms with Crippen LogP contribution in [-0.2, 0) is 9.84 Å². The molecule has 8 heteroatoms. The second-order valence-electron chi connectivity index (χ2n) is 4.86. The summed E-state index contributed by atoms with van der Waals surface area (Å²) in [5.74, 6) is -0.247. The average molecular weight is 340 g/mol. The molecule has 22 heavy (non-hydrogen) atoms. The van der Waals surface area contributed by atoms with E-state index in [9.17, 15) is 13.2 Å². The van der Waals surface area contributed by atoms with Crippen LogP contribution < -0.4 is 10.1 Å². The fourth-order valence-corrected chi connectivity index (χ4v) is 3.80. The number of nitrogens with zero attached hydrogens (tertiary/aromatic N) is 1. The quantitative estimate of drug-likeness (QED) is 0.904. The third kappa shape index (κ3) is 3.83. The monoisotopic (exact) mass is 340 g/mol. The summed E-state index contributed by atoms with van der Waals surface area (Å²) >= 11 is 1.15. The SMILES string of the molecule is CC(C)Oc1ncccc1C(=O)Nc1sccc1S(C)(=O)=O. The molecule has 0 radical (unpaired) electrons. The number of hydrogen-bond donors (Lipinski definition) is 1. The first-order valence-electron chi connectivity index (χ1n) is 6.49. The van der Waals surface area contributed by atoms with Gasteiger partial charge in [0.15, 0.2) is 9.84 Å². The standard InChI is InChI=1S/C14H16N2O4S2/c1-9(2)20-13-10(5-4-7-15-13)12(17)16-14-11(6-8-21-14)22(3,18)19/h4-9H,1-3H3,(H,16,17). The predicted octanol–water partition coefficient (Wildman–Crippen LogP) is 2.59. The van der Waals surface area contributed by atoms with Crippen molar-refractivity contribution >= 4 is 32.1 Å². The molecular weight excluding hydrogens is 324 g/mol. The van der Waals surface area contributed by atoms with Crippen molar-refractivity contribution in [2.45, 2.75) is 24.8 Å². The molecule has 0 unspecified atom stereocenters. The van der Waals surface area contributed by atoms with Crippen LogP contribution in [0.4, 0.5) is 5.00 Å². The van der Waals surface area contributed by atoms with Crippen LogP contribution in [0.2, 0.25) is 0 Å². The number of ether oxygens (including phenoxy) is 1. The lowest BCUT2D eigenvalue weighted by molar-refractivity contribution is 0.102. The highest BCUT2D eigenvalue weighted by Crippen LogP contribution is 2.28. The van der Waals surface area contributed by atoms with Crippen molar-refractivity contribution in [3.8, 4) is 5.88 Å². The Hall–Kier alpha value is -1.93. The van der Waals surface area contributed by atoms with Gasteiger partial charge in [0.25, 0.3) is 5.91 Å². The third-order valence-electron chi connectivity index (χ3n) is 2.62. The number of pyridine rings is 1.